The minimum Gasteiger partial charge on any atom is -0.288 e. The van der Waals surface area contributed by atoms with Crippen LogP contribution in [0, 0.1) is 5.41 Å². The van der Waals surface area contributed by atoms with Gasteiger partial charge in [-0.05, 0) is 6.42 Å². The lowest BCUT2D eigenvalue weighted by atomic mass is 9.90. The maximum absolute atomic E-state index is 11.9. The lowest BCUT2D eigenvalue weighted by molar-refractivity contribution is -0.153. The molecule has 0 spiro atoms. The smallest absolute Gasteiger partial charge is 0.288 e. The van der Waals surface area contributed by atoms with Crippen LogP contribution in [0.3, 0.4) is 0 Å². The van der Waals surface area contributed by atoms with Gasteiger partial charge in [0.1, 0.15) is 0 Å². The second kappa shape index (κ2) is 6.52. The van der Waals surface area contributed by atoms with Crippen molar-refractivity contribution in [2.75, 3.05) is 6.54 Å². The SMILES string of the molecule is CCCCCN(C(C)=O)C(=O)C(=O)C(C)(C)C. The van der Waals surface area contributed by atoms with E-state index in [4.69, 9.17) is 0 Å². The molecule has 0 radical (unpaired) electrons. The number of amides is 2. The van der Waals surface area contributed by atoms with Crippen LogP contribution in [0.2, 0.25) is 0 Å². The molecule has 4 heteroatoms. The predicted octanol–water partition coefficient (Wildman–Crippen LogP) is 2.17. The first-order valence-electron chi connectivity index (χ1n) is 6.08. The summed E-state index contributed by atoms with van der Waals surface area (Å²) in [5, 5.41) is 0. The van der Waals surface area contributed by atoms with Crippen molar-refractivity contribution in [3.8, 4) is 0 Å². The van der Waals surface area contributed by atoms with E-state index in [9.17, 15) is 14.4 Å². The van der Waals surface area contributed by atoms with Gasteiger partial charge in [0.2, 0.25) is 11.7 Å². The Bertz CT molecular complexity index is 302. The summed E-state index contributed by atoms with van der Waals surface area (Å²) in [6.45, 7) is 8.73. The number of hydrogen-bond donors (Lipinski definition) is 0. The van der Waals surface area contributed by atoms with Crippen LogP contribution < -0.4 is 0 Å². The van der Waals surface area contributed by atoms with E-state index in [2.05, 4.69) is 0 Å². The Morgan fingerprint density at radius 3 is 1.94 bits per heavy atom. The van der Waals surface area contributed by atoms with Crippen LogP contribution in [-0.4, -0.2) is 29.0 Å². The van der Waals surface area contributed by atoms with E-state index in [1.165, 1.54) is 6.92 Å². The predicted molar refractivity (Wildman–Crippen MR) is 66.4 cm³/mol. The average Bonchev–Trinajstić information content (AvgIpc) is 2.20. The Labute approximate surface area is 103 Å². The molecule has 0 bridgehead atoms. The molecule has 0 heterocycles. The highest BCUT2D eigenvalue weighted by atomic mass is 16.2. The third-order valence-corrected chi connectivity index (χ3v) is 2.49. The van der Waals surface area contributed by atoms with Crippen LogP contribution in [0.25, 0.3) is 0 Å². The van der Waals surface area contributed by atoms with Crippen molar-refractivity contribution in [1.29, 1.82) is 0 Å². The molecule has 0 fully saturated rings. The van der Waals surface area contributed by atoms with Gasteiger partial charge in [-0.3, -0.25) is 19.3 Å². The van der Waals surface area contributed by atoms with E-state index < -0.39 is 17.1 Å². The number of unbranched alkanes of at least 4 members (excludes halogenated alkanes) is 2. The van der Waals surface area contributed by atoms with Crippen molar-refractivity contribution < 1.29 is 14.4 Å². The van der Waals surface area contributed by atoms with Gasteiger partial charge in [-0.25, -0.2) is 0 Å². The van der Waals surface area contributed by atoms with E-state index in [1.807, 2.05) is 6.92 Å². The number of Topliss-reactive ketones (excluding diaryl/α,β-unsaturated/α-hetero) is 1. The lowest BCUT2D eigenvalue weighted by Crippen LogP contribution is -2.44. The fourth-order valence-electron chi connectivity index (χ4n) is 1.37. The summed E-state index contributed by atoms with van der Waals surface area (Å²) >= 11 is 0. The van der Waals surface area contributed by atoms with Gasteiger partial charge in [-0.1, -0.05) is 40.5 Å². The molecule has 0 aromatic rings. The van der Waals surface area contributed by atoms with Crippen molar-refractivity contribution in [3.63, 3.8) is 0 Å². The van der Waals surface area contributed by atoms with Crippen LogP contribution in [0.15, 0.2) is 0 Å². The summed E-state index contributed by atoms with van der Waals surface area (Å²) in [4.78, 5) is 36.1. The van der Waals surface area contributed by atoms with E-state index in [0.717, 1.165) is 24.2 Å². The quantitative estimate of drug-likeness (QED) is 0.547. The minimum absolute atomic E-state index is 0.337. The van der Waals surface area contributed by atoms with Crippen LogP contribution in [0.4, 0.5) is 0 Å². The molecule has 0 saturated carbocycles. The van der Waals surface area contributed by atoms with Crippen molar-refractivity contribution >= 4 is 17.6 Å². The first kappa shape index (κ1) is 15.8. The molecule has 0 aromatic heterocycles. The highest BCUT2D eigenvalue weighted by molar-refractivity contribution is 6.40. The van der Waals surface area contributed by atoms with Crippen molar-refractivity contribution in [3.05, 3.63) is 0 Å². The van der Waals surface area contributed by atoms with Gasteiger partial charge in [0.25, 0.3) is 5.91 Å². The number of carbonyl (C=O) groups excluding carboxylic acids is 3. The monoisotopic (exact) mass is 241 g/mol. The summed E-state index contributed by atoms with van der Waals surface area (Å²) in [5.41, 5.74) is -0.741. The van der Waals surface area contributed by atoms with Gasteiger partial charge in [-0.2, -0.15) is 0 Å². The number of ketones is 1. The molecule has 0 rings (SSSR count). The zero-order valence-electron chi connectivity index (χ0n) is 11.5. The Kier molecular flexibility index (Phi) is 6.07. The summed E-state index contributed by atoms with van der Waals surface area (Å²) < 4.78 is 0. The second-order valence-corrected chi connectivity index (χ2v) is 5.26. The first-order valence-corrected chi connectivity index (χ1v) is 6.08. The fourth-order valence-corrected chi connectivity index (χ4v) is 1.37. The van der Waals surface area contributed by atoms with E-state index in [-0.39, 0.29) is 5.91 Å². The topological polar surface area (TPSA) is 54.5 Å². The van der Waals surface area contributed by atoms with Crippen molar-refractivity contribution in [2.24, 2.45) is 5.41 Å². The number of imide groups is 1. The molecule has 0 aliphatic rings. The van der Waals surface area contributed by atoms with Crippen LogP contribution in [0.1, 0.15) is 53.9 Å². The zero-order valence-corrected chi connectivity index (χ0v) is 11.5. The molecule has 4 nitrogen and oxygen atoms in total. The summed E-state index contributed by atoms with van der Waals surface area (Å²) in [6, 6.07) is 0. The molecule has 98 valence electrons. The normalized spacial score (nSPS) is 11.1. The molecule has 2 amide bonds. The van der Waals surface area contributed by atoms with Crippen LogP contribution in [0.5, 0.6) is 0 Å². The molecular weight excluding hydrogens is 218 g/mol. The van der Waals surface area contributed by atoms with E-state index in [0.29, 0.717) is 6.54 Å². The van der Waals surface area contributed by atoms with Crippen molar-refractivity contribution in [2.45, 2.75) is 53.9 Å². The van der Waals surface area contributed by atoms with Crippen molar-refractivity contribution in [1.82, 2.24) is 4.90 Å². The van der Waals surface area contributed by atoms with Gasteiger partial charge >= 0.3 is 0 Å². The molecule has 0 aromatic carbocycles. The molecule has 17 heavy (non-hydrogen) atoms. The van der Waals surface area contributed by atoms with Gasteiger partial charge in [0.15, 0.2) is 0 Å². The summed E-state index contributed by atoms with van der Waals surface area (Å²) in [7, 11) is 0. The van der Waals surface area contributed by atoms with Crippen LogP contribution >= 0.6 is 0 Å². The number of carbonyl (C=O) groups is 3. The maximum Gasteiger partial charge on any atom is 0.297 e. The summed E-state index contributed by atoms with van der Waals surface area (Å²) in [6.07, 6.45) is 2.70. The second-order valence-electron chi connectivity index (χ2n) is 5.26. The van der Waals surface area contributed by atoms with Gasteiger partial charge < -0.3 is 0 Å². The number of nitrogens with zero attached hydrogens (tertiary/aromatic N) is 1. The largest absolute Gasteiger partial charge is 0.297 e. The third kappa shape index (κ3) is 5.11. The van der Waals surface area contributed by atoms with E-state index >= 15 is 0 Å². The Morgan fingerprint density at radius 1 is 1.06 bits per heavy atom. The molecular formula is C13H23NO3. The van der Waals surface area contributed by atoms with Gasteiger partial charge in [-0.15, -0.1) is 0 Å². The Hall–Kier alpha value is -1.19. The summed E-state index contributed by atoms with van der Waals surface area (Å²) in [5.74, 6) is -1.55. The number of hydrogen-bond acceptors (Lipinski definition) is 3. The molecule has 0 aliphatic carbocycles. The molecule has 0 unspecified atom stereocenters. The average molecular weight is 241 g/mol. The fraction of sp³-hybridized carbons (Fsp3) is 0.769. The standard InChI is InChI=1S/C13H23NO3/c1-6-7-8-9-14(10(2)15)12(17)11(16)13(3,4)5/h6-9H2,1-5H3. The molecule has 0 N–H and O–H groups in total. The highest BCUT2D eigenvalue weighted by Gasteiger charge is 2.33. The first-order chi connectivity index (χ1) is 7.71. The Morgan fingerprint density at radius 2 is 1.59 bits per heavy atom. The highest BCUT2D eigenvalue weighted by Crippen LogP contribution is 2.16. The van der Waals surface area contributed by atoms with E-state index in [1.54, 1.807) is 20.8 Å². The van der Waals surface area contributed by atoms with Crippen LogP contribution in [-0.2, 0) is 14.4 Å². The Balaban J connectivity index is 4.67. The van der Waals surface area contributed by atoms with Gasteiger partial charge in [0, 0.05) is 18.9 Å². The van der Waals surface area contributed by atoms with Gasteiger partial charge in [0.05, 0.1) is 0 Å². The third-order valence-electron chi connectivity index (χ3n) is 2.49. The minimum atomic E-state index is -0.741. The lowest BCUT2D eigenvalue weighted by Gasteiger charge is -2.22. The molecule has 0 atom stereocenters. The molecule has 0 saturated heterocycles. The molecule has 0 aliphatic heterocycles. The number of rotatable bonds is 5. The maximum atomic E-state index is 11.9. The zero-order chi connectivity index (χ0) is 13.6.